The molecule has 1 aliphatic rings. The molecule has 0 aliphatic heterocycles. The molecule has 1 unspecified atom stereocenters. The Balaban J connectivity index is 1.92. The van der Waals surface area contributed by atoms with Crippen molar-refractivity contribution < 1.29 is 14.7 Å². The number of unbranched alkanes of at least 4 members (excludes halogenated alkanes) is 1. The summed E-state index contributed by atoms with van der Waals surface area (Å²) in [6.07, 6.45) is 15.2. The summed E-state index contributed by atoms with van der Waals surface area (Å²) in [5.41, 5.74) is 3.86. The lowest BCUT2D eigenvalue weighted by molar-refractivity contribution is -0.137. The number of aromatic nitrogens is 2. The predicted octanol–water partition coefficient (Wildman–Crippen LogP) is 4.68. The molecule has 1 N–H and O–H groups in total. The predicted molar refractivity (Wildman–Crippen MR) is 122 cm³/mol. The van der Waals surface area contributed by atoms with E-state index in [-0.39, 0.29) is 18.2 Å². The van der Waals surface area contributed by atoms with Crippen LogP contribution in [0.4, 0.5) is 0 Å². The molecule has 6 heteroatoms. The van der Waals surface area contributed by atoms with Crippen molar-refractivity contribution in [1.29, 1.82) is 0 Å². The molecule has 1 atom stereocenters. The number of fused-ring (bicyclic) bond motifs is 1. The number of benzene rings is 1. The van der Waals surface area contributed by atoms with Crippen LogP contribution in [0.15, 0.2) is 54.7 Å². The monoisotopic (exact) mass is 419 g/mol. The largest absolute Gasteiger partial charge is 0.481 e. The Hall–Kier alpha value is -3.28. The van der Waals surface area contributed by atoms with E-state index in [9.17, 15) is 9.59 Å². The van der Waals surface area contributed by atoms with Crippen molar-refractivity contribution in [2.24, 2.45) is 0 Å². The highest BCUT2D eigenvalue weighted by Gasteiger charge is 2.19. The van der Waals surface area contributed by atoms with E-state index in [1.54, 1.807) is 24.1 Å². The second-order valence-corrected chi connectivity index (χ2v) is 7.77. The van der Waals surface area contributed by atoms with Gasteiger partial charge in [0.15, 0.2) is 0 Å². The van der Waals surface area contributed by atoms with E-state index < -0.39 is 5.97 Å². The van der Waals surface area contributed by atoms with Gasteiger partial charge in [-0.3, -0.25) is 9.59 Å². The Morgan fingerprint density at radius 3 is 2.74 bits per heavy atom. The maximum absolute atomic E-state index is 12.7. The summed E-state index contributed by atoms with van der Waals surface area (Å²) in [5.74, 6) is -0.686. The topological polar surface area (TPSA) is 83.4 Å². The number of likely N-dealkylation sites (N-methyl/N-ethyl adjacent to an activating group) is 1. The standard InChI is InChI=1S/C25H29N3O3/c1-3-4-16-28(2)25(31)19-14-15-20-22(17-19)26-21(12-8-9-13-23(29)30)24(27-20)18-10-6-5-7-11-18/h3-7,10,14-15,17-18H,8-9,11-13,16H2,1-2H3,(H,29,30)/b4-3+. The number of hydrogen-bond acceptors (Lipinski definition) is 4. The van der Waals surface area contributed by atoms with E-state index in [2.05, 4.69) is 12.2 Å². The number of carbonyl (C=O) groups is 2. The molecule has 0 saturated heterocycles. The van der Waals surface area contributed by atoms with Gasteiger partial charge in [-0.05, 0) is 50.8 Å². The zero-order chi connectivity index (χ0) is 22.2. The van der Waals surface area contributed by atoms with Crippen LogP contribution in [-0.2, 0) is 11.2 Å². The third-order valence-electron chi connectivity index (χ3n) is 5.36. The number of amides is 1. The van der Waals surface area contributed by atoms with E-state index >= 15 is 0 Å². The quantitative estimate of drug-likeness (QED) is 0.471. The number of rotatable bonds is 9. The van der Waals surface area contributed by atoms with Gasteiger partial charge in [0.25, 0.3) is 5.91 Å². The second-order valence-electron chi connectivity index (χ2n) is 7.77. The number of carboxylic acid groups (broad SMARTS) is 1. The van der Waals surface area contributed by atoms with Crippen LogP contribution in [0.1, 0.15) is 60.3 Å². The van der Waals surface area contributed by atoms with Gasteiger partial charge in [-0.1, -0.05) is 36.5 Å². The molecule has 0 spiro atoms. The molecular weight excluding hydrogens is 390 g/mol. The van der Waals surface area contributed by atoms with Crippen LogP contribution < -0.4 is 0 Å². The minimum absolute atomic E-state index is 0.0609. The van der Waals surface area contributed by atoms with Gasteiger partial charge in [-0.2, -0.15) is 0 Å². The van der Waals surface area contributed by atoms with Crippen molar-refractivity contribution in [3.05, 3.63) is 71.6 Å². The van der Waals surface area contributed by atoms with Gasteiger partial charge >= 0.3 is 5.97 Å². The van der Waals surface area contributed by atoms with Gasteiger partial charge in [-0.25, -0.2) is 9.97 Å². The SMILES string of the molecule is C/C=C/CN(C)C(=O)c1ccc2nc(C3C=CC=CC3)c(CCCCC(=O)O)nc2c1. The molecule has 2 aromatic rings. The Morgan fingerprint density at radius 1 is 1.19 bits per heavy atom. The Kier molecular flexibility index (Phi) is 7.70. The number of aryl methyl sites for hydroxylation is 1. The number of nitrogens with zero attached hydrogens (tertiary/aromatic N) is 3. The third kappa shape index (κ3) is 5.87. The van der Waals surface area contributed by atoms with Crippen LogP contribution in [0.3, 0.4) is 0 Å². The molecule has 0 radical (unpaired) electrons. The van der Waals surface area contributed by atoms with Crippen molar-refractivity contribution >= 4 is 22.9 Å². The Labute approximate surface area is 183 Å². The molecule has 31 heavy (non-hydrogen) atoms. The van der Waals surface area contributed by atoms with Crippen LogP contribution >= 0.6 is 0 Å². The zero-order valence-electron chi connectivity index (χ0n) is 18.1. The molecule has 1 amide bonds. The van der Waals surface area contributed by atoms with E-state index in [1.807, 2.05) is 37.3 Å². The van der Waals surface area contributed by atoms with Crippen LogP contribution in [-0.4, -0.2) is 45.4 Å². The number of carbonyl (C=O) groups excluding carboxylic acids is 1. The first kappa shape index (κ1) is 22.4. The molecule has 1 heterocycles. The first-order valence-electron chi connectivity index (χ1n) is 10.7. The summed E-state index contributed by atoms with van der Waals surface area (Å²) >= 11 is 0. The molecule has 3 rings (SSSR count). The lowest BCUT2D eigenvalue weighted by Crippen LogP contribution is -2.26. The normalized spacial score (nSPS) is 15.6. The van der Waals surface area contributed by atoms with Gasteiger partial charge in [0.05, 0.1) is 22.4 Å². The maximum atomic E-state index is 12.7. The van der Waals surface area contributed by atoms with E-state index in [0.29, 0.717) is 30.5 Å². The number of carboxylic acids is 1. The van der Waals surface area contributed by atoms with Crippen molar-refractivity contribution in [2.75, 3.05) is 13.6 Å². The highest BCUT2D eigenvalue weighted by atomic mass is 16.4. The first-order chi connectivity index (χ1) is 15.0. The van der Waals surface area contributed by atoms with Gasteiger partial charge < -0.3 is 10.0 Å². The molecule has 0 fully saturated rings. The van der Waals surface area contributed by atoms with Crippen molar-refractivity contribution in [3.8, 4) is 0 Å². The van der Waals surface area contributed by atoms with Crippen LogP contribution in [0.25, 0.3) is 11.0 Å². The fourth-order valence-corrected chi connectivity index (χ4v) is 3.64. The van der Waals surface area contributed by atoms with Gasteiger partial charge in [0.1, 0.15) is 0 Å². The van der Waals surface area contributed by atoms with Crippen LogP contribution in [0.5, 0.6) is 0 Å². The molecule has 0 bridgehead atoms. The zero-order valence-corrected chi connectivity index (χ0v) is 18.1. The smallest absolute Gasteiger partial charge is 0.303 e. The minimum Gasteiger partial charge on any atom is -0.481 e. The molecule has 6 nitrogen and oxygen atoms in total. The third-order valence-corrected chi connectivity index (χ3v) is 5.36. The van der Waals surface area contributed by atoms with Crippen molar-refractivity contribution in [1.82, 2.24) is 14.9 Å². The van der Waals surface area contributed by atoms with Gasteiger partial charge in [0.2, 0.25) is 0 Å². The second kappa shape index (κ2) is 10.7. The Morgan fingerprint density at radius 2 is 2.03 bits per heavy atom. The summed E-state index contributed by atoms with van der Waals surface area (Å²) in [6.45, 7) is 2.48. The highest BCUT2D eigenvalue weighted by molar-refractivity contribution is 5.97. The molecule has 162 valence electrons. The lowest BCUT2D eigenvalue weighted by atomic mass is 9.93. The number of aliphatic carboxylic acids is 1. The van der Waals surface area contributed by atoms with Crippen LogP contribution in [0.2, 0.25) is 0 Å². The van der Waals surface area contributed by atoms with E-state index in [1.165, 1.54) is 0 Å². The molecule has 1 aliphatic carbocycles. The van der Waals surface area contributed by atoms with Crippen LogP contribution in [0, 0.1) is 0 Å². The lowest BCUT2D eigenvalue weighted by Gasteiger charge is -2.18. The average molecular weight is 420 g/mol. The first-order valence-corrected chi connectivity index (χ1v) is 10.7. The van der Waals surface area contributed by atoms with Crippen molar-refractivity contribution in [2.45, 2.75) is 44.9 Å². The molecule has 1 aromatic carbocycles. The van der Waals surface area contributed by atoms with E-state index in [0.717, 1.165) is 29.7 Å². The maximum Gasteiger partial charge on any atom is 0.303 e. The fourth-order valence-electron chi connectivity index (χ4n) is 3.64. The summed E-state index contributed by atoms with van der Waals surface area (Å²) in [6, 6.07) is 5.47. The van der Waals surface area contributed by atoms with Gasteiger partial charge in [-0.15, -0.1) is 0 Å². The van der Waals surface area contributed by atoms with Gasteiger partial charge in [0, 0.05) is 31.5 Å². The summed E-state index contributed by atoms with van der Waals surface area (Å²) < 4.78 is 0. The summed E-state index contributed by atoms with van der Waals surface area (Å²) in [5, 5.41) is 8.91. The molecular formula is C25H29N3O3. The van der Waals surface area contributed by atoms with Crippen molar-refractivity contribution in [3.63, 3.8) is 0 Å². The fraction of sp³-hybridized carbons (Fsp3) is 0.360. The minimum atomic E-state index is -0.782. The molecule has 0 saturated carbocycles. The Bertz CT molecular complexity index is 1040. The highest BCUT2D eigenvalue weighted by Crippen LogP contribution is 2.28. The summed E-state index contributed by atoms with van der Waals surface area (Å²) in [4.78, 5) is 35.0. The summed E-state index contributed by atoms with van der Waals surface area (Å²) in [7, 11) is 1.78. The number of allylic oxidation sites excluding steroid dienone is 5. The average Bonchev–Trinajstić information content (AvgIpc) is 2.79. The van der Waals surface area contributed by atoms with E-state index in [4.69, 9.17) is 15.1 Å². The number of hydrogen-bond donors (Lipinski definition) is 1. The molecule has 1 aromatic heterocycles.